The van der Waals surface area contributed by atoms with E-state index < -0.39 is 0 Å². The van der Waals surface area contributed by atoms with Crippen LogP contribution >= 0.6 is 0 Å². The van der Waals surface area contributed by atoms with Crippen LogP contribution in [0.5, 0.6) is 5.75 Å². The summed E-state index contributed by atoms with van der Waals surface area (Å²) in [4.78, 5) is 34.8. The number of likely N-dealkylation sites (tertiary alicyclic amines) is 1. The van der Waals surface area contributed by atoms with Crippen LogP contribution in [-0.2, 0) is 16.7 Å². The van der Waals surface area contributed by atoms with Crippen LogP contribution in [0.3, 0.4) is 0 Å². The van der Waals surface area contributed by atoms with Gasteiger partial charge in [-0.2, -0.15) is 0 Å². The lowest BCUT2D eigenvalue weighted by molar-refractivity contribution is 0.0756. The molecule has 2 atom stereocenters. The summed E-state index contributed by atoms with van der Waals surface area (Å²) in [6.45, 7) is 16.5. The van der Waals surface area contributed by atoms with Gasteiger partial charge in [-0.1, -0.05) is 31.2 Å². The molecule has 256 valence electrons. The molecule has 8 heteroatoms. The number of carbonyl (C=O) groups excluding carboxylic acids is 1. The van der Waals surface area contributed by atoms with Crippen LogP contribution in [0.25, 0.3) is 17.2 Å². The minimum Gasteiger partial charge on any atom is -0.496 e. The van der Waals surface area contributed by atoms with Crippen LogP contribution in [0.2, 0.25) is 0 Å². The summed E-state index contributed by atoms with van der Waals surface area (Å²) in [5, 5.41) is 3.05. The van der Waals surface area contributed by atoms with Gasteiger partial charge in [0.1, 0.15) is 5.75 Å². The molecule has 1 spiro atoms. The molecule has 1 aliphatic carbocycles. The second-order valence-corrected chi connectivity index (χ2v) is 14.0. The number of piperidine rings is 1. The third-order valence-electron chi connectivity index (χ3n) is 11.1. The molecule has 2 N–H and O–H groups in total. The molecular formula is C40H52N4O4. The van der Waals surface area contributed by atoms with E-state index in [0.29, 0.717) is 40.7 Å². The van der Waals surface area contributed by atoms with Crippen LogP contribution in [0.1, 0.15) is 91.7 Å². The Morgan fingerprint density at radius 3 is 2.46 bits per heavy atom. The number of aromatic nitrogens is 1. The number of aromatic amines is 1. The Balaban J connectivity index is 1.40. The summed E-state index contributed by atoms with van der Waals surface area (Å²) >= 11 is 0. The molecule has 0 radical (unpaired) electrons. The number of carbonyl (C=O) groups is 1. The van der Waals surface area contributed by atoms with Gasteiger partial charge in [0.05, 0.1) is 19.2 Å². The third kappa shape index (κ3) is 6.32. The molecule has 2 aliphatic heterocycles. The van der Waals surface area contributed by atoms with E-state index in [0.717, 1.165) is 74.4 Å². The molecule has 0 saturated carbocycles. The molecule has 1 amide bonds. The zero-order chi connectivity index (χ0) is 34.2. The minimum absolute atomic E-state index is 0.0152. The Morgan fingerprint density at radius 1 is 1.06 bits per heavy atom. The number of allylic oxidation sites excluding steroid dienone is 1. The number of hydrogen-bond donors (Lipinski definition) is 2. The topological polar surface area (TPSA) is 86.9 Å². The van der Waals surface area contributed by atoms with Crippen LogP contribution in [0.4, 0.5) is 5.69 Å². The number of benzene rings is 2. The summed E-state index contributed by atoms with van der Waals surface area (Å²) in [5.41, 5.74) is 8.31. The van der Waals surface area contributed by atoms with Gasteiger partial charge in [-0.3, -0.25) is 14.5 Å². The van der Waals surface area contributed by atoms with Crippen molar-refractivity contribution in [1.82, 2.24) is 15.2 Å². The molecule has 0 bridgehead atoms. The maximum absolute atomic E-state index is 14.1. The Bertz CT molecular complexity index is 1740. The fraction of sp³-hybridized carbons (Fsp3) is 0.500. The number of ether oxygens (including phenoxy) is 2. The normalized spacial score (nSPS) is 22.6. The van der Waals surface area contributed by atoms with Crippen LogP contribution < -0.4 is 20.5 Å². The maximum atomic E-state index is 14.1. The zero-order valence-corrected chi connectivity index (χ0v) is 29.7. The molecule has 3 heterocycles. The minimum atomic E-state index is -0.260. The van der Waals surface area contributed by atoms with Gasteiger partial charge < -0.3 is 24.7 Å². The highest BCUT2D eigenvalue weighted by atomic mass is 16.5. The highest BCUT2D eigenvalue weighted by Gasteiger charge is 2.43. The molecule has 2 fully saturated rings. The van der Waals surface area contributed by atoms with Crippen LogP contribution in [0.15, 0.2) is 47.3 Å². The summed E-state index contributed by atoms with van der Waals surface area (Å²) in [6.07, 6.45) is 8.86. The number of fused-ring (bicyclic) bond motifs is 2. The Kier molecular flexibility index (Phi) is 9.86. The van der Waals surface area contributed by atoms with Gasteiger partial charge in [-0.25, -0.2) is 0 Å². The number of amides is 1. The molecule has 2 saturated heterocycles. The van der Waals surface area contributed by atoms with Crippen molar-refractivity contribution in [2.75, 3.05) is 38.3 Å². The average Bonchev–Trinajstić information content (AvgIpc) is 3.41. The summed E-state index contributed by atoms with van der Waals surface area (Å²) in [6, 6.07) is 14.3. The maximum Gasteiger partial charge on any atom is 0.256 e. The van der Waals surface area contributed by atoms with Gasteiger partial charge in [-0.05, 0) is 119 Å². The van der Waals surface area contributed by atoms with Crippen molar-refractivity contribution in [3.63, 3.8) is 0 Å². The van der Waals surface area contributed by atoms with Crippen molar-refractivity contribution in [1.29, 1.82) is 0 Å². The number of hydrogen-bond acceptors (Lipinski definition) is 6. The van der Waals surface area contributed by atoms with Gasteiger partial charge in [0.15, 0.2) is 0 Å². The molecule has 6 rings (SSSR count). The smallest absolute Gasteiger partial charge is 0.256 e. The zero-order valence-electron chi connectivity index (χ0n) is 29.7. The fourth-order valence-corrected chi connectivity index (χ4v) is 8.76. The van der Waals surface area contributed by atoms with Gasteiger partial charge >= 0.3 is 0 Å². The van der Waals surface area contributed by atoms with Gasteiger partial charge in [0.25, 0.3) is 11.5 Å². The van der Waals surface area contributed by atoms with Crippen molar-refractivity contribution in [3.8, 4) is 16.9 Å². The average molecular weight is 653 g/mol. The number of aryl methyl sites for hydroxylation is 1. The van der Waals surface area contributed by atoms with E-state index in [9.17, 15) is 9.59 Å². The summed E-state index contributed by atoms with van der Waals surface area (Å²) in [5.74, 6) is 0.253. The van der Waals surface area contributed by atoms with Gasteiger partial charge in [0, 0.05) is 60.2 Å². The van der Waals surface area contributed by atoms with E-state index in [1.807, 2.05) is 19.9 Å². The quantitative estimate of drug-likeness (QED) is 0.266. The van der Waals surface area contributed by atoms with E-state index in [1.54, 1.807) is 13.2 Å². The number of pyridine rings is 1. The van der Waals surface area contributed by atoms with Crippen LogP contribution in [0, 0.1) is 13.8 Å². The second kappa shape index (κ2) is 13.9. The van der Waals surface area contributed by atoms with E-state index >= 15 is 0 Å². The fourth-order valence-electron chi connectivity index (χ4n) is 8.76. The molecule has 2 aromatic carbocycles. The predicted molar refractivity (Wildman–Crippen MR) is 194 cm³/mol. The summed E-state index contributed by atoms with van der Waals surface area (Å²) in [7, 11) is 1.54. The lowest BCUT2D eigenvalue weighted by Crippen LogP contribution is -2.51. The lowest BCUT2D eigenvalue weighted by atomic mass is 9.69. The first kappa shape index (κ1) is 34.0. The number of rotatable bonds is 9. The standard InChI is InChI=1S/C40H52N4O4/c1-8-43-26(4)22-40(23-27(43)5)15-12-29-10-11-30(20-35(29)40)31-19-33(28(6)36(21-31)44(9-2)32-13-16-48-17-14-32)38(45)41-24-34-37(47-7)18-25(3)42-39(34)46/h10-12,15,18-21,26-27,32H,8-9,13-14,16-17,22-24H2,1-7H3,(H,41,45)(H,42,46). The monoisotopic (exact) mass is 652 g/mol. The first-order valence-electron chi connectivity index (χ1n) is 17.7. The molecule has 2 unspecified atom stereocenters. The SMILES string of the molecule is CCN(c1cc(-c2ccc3c(c2)C2(C=C3)CC(C)N(CC)C(C)C2)cc(C(=O)NCc2c(OC)cc(C)[nH]c2=O)c1C)C1CCOCC1. The lowest BCUT2D eigenvalue weighted by Gasteiger charge is -2.47. The van der Waals surface area contributed by atoms with E-state index in [2.05, 4.69) is 84.2 Å². The Morgan fingerprint density at radius 2 is 1.79 bits per heavy atom. The van der Waals surface area contributed by atoms with Crippen molar-refractivity contribution >= 4 is 17.7 Å². The molecule has 3 aliphatic rings. The number of H-pyrrole nitrogens is 1. The van der Waals surface area contributed by atoms with E-state index in [1.165, 1.54) is 11.1 Å². The molecule has 48 heavy (non-hydrogen) atoms. The number of nitrogens with one attached hydrogen (secondary N) is 2. The molecular weight excluding hydrogens is 600 g/mol. The van der Waals surface area contributed by atoms with E-state index in [-0.39, 0.29) is 23.4 Å². The van der Waals surface area contributed by atoms with Gasteiger partial charge in [0.2, 0.25) is 0 Å². The Labute approximate surface area is 285 Å². The van der Waals surface area contributed by atoms with Crippen LogP contribution in [-0.4, -0.2) is 67.3 Å². The first-order chi connectivity index (χ1) is 23.1. The molecule has 3 aromatic rings. The highest BCUT2D eigenvalue weighted by Crippen LogP contribution is 2.48. The first-order valence-corrected chi connectivity index (χ1v) is 17.7. The largest absolute Gasteiger partial charge is 0.496 e. The van der Waals surface area contributed by atoms with Crippen molar-refractivity contribution < 1.29 is 14.3 Å². The number of methoxy groups -OCH3 is 1. The molecule has 8 nitrogen and oxygen atoms in total. The highest BCUT2D eigenvalue weighted by molar-refractivity contribution is 5.99. The number of anilines is 1. The van der Waals surface area contributed by atoms with Gasteiger partial charge in [-0.15, -0.1) is 0 Å². The molecule has 1 aromatic heterocycles. The predicted octanol–water partition coefficient (Wildman–Crippen LogP) is 6.76. The second-order valence-electron chi connectivity index (χ2n) is 14.0. The van der Waals surface area contributed by atoms with Crippen molar-refractivity contribution in [2.24, 2.45) is 0 Å². The Hall–Kier alpha value is -3.88. The van der Waals surface area contributed by atoms with Crippen molar-refractivity contribution in [2.45, 2.75) is 97.3 Å². The number of nitrogens with zero attached hydrogens (tertiary/aromatic N) is 2. The van der Waals surface area contributed by atoms with E-state index in [4.69, 9.17) is 9.47 Å². The summed E-state index contributed by atoms with van der Waals surface area (Å²) < 4.78 is 11.2. The third-order valence-corrected chi connectivity index (χ3v) is 11.1. The van der Waals surface area contributed by atoms with Crippen molar-refractivity contribution in [3.05, 3.63) is 86.3 Å².